The molecule has 0 N–H and O–H groups in total. The molecule has 2 aromatic rings. The van der Waals surface area contributed by atoms with Gasteiger partial charge in [0.25, 0.3) is 5.92 Å². The molecular formula is C15H10F7N. The quantitative estimate of drug-likeness (QED) is 0.653. The van der Waals surface area contributed by atoms with E-state index in [0.717, 1.165) is 16.7 Å². The zero-order valence-corrected chi connectivity index (χ0v) is 11.5. The highest BCUT2D eigenvalue weighted by atomic mass is 19.4. The van der Waals surface area contributed by atoms with Gasteiger partial charge in [0.2, 0.25) is 0 Å². The Morgan fingerprint density at radius 2 is 1.61 bits per heavy atom. The first-order chi connectivity index (χ1) is 10.6. The standard InChI is InChI=1S/C15H10F7N/c16-8-3-9(17)5-10(4-8)23-7-12(15(20,21)22)11-6-14(18,19)2-1-13(11)23/h3-5,7H,1-2,6H2. The van der Waals surface area contributed by atoms with E-state index in [1.165, 1.54) is 0 Å². The van der Waals surface area contributed by atoms with Crippen molar-refractivity contribution in [3.63, 3.8) is 0 Å². The molecule has 124 valence electrons. The van der Waals surface area contributed by atoms with E-state index < -0.39 is 47.7 Å². The maximum absolute atomic E-state index is 13.5. The van der Waals surface area contributed by atoms with E-state index in [2.05, 4.69) is 0 Å². The molecule has 0 fully saturated rings. The molecule has 1 aliphatic rings. The third kappa shape index (κ3) is 2.94. The molecule has 1 aromatic carbocycles. The van der Waals surface area contributed by atoms with Crippen molar-refractivity contribution in [1.29, 1.82) is 0 Å². The first kappa shape index (κ1) is 15.9. The van der Waals surface area contributed by atoms with E-state index in [9.17, 15) is 30.7 Å². The molecular weight excluding hydrogens is 327 g/mol. The minimum Gasteiger partial charge on any atom is -0.320 e. The fraction of sp³-hybridized carbons (Fsp3) is 0.333. The summed E-state index contributed by atoms with van der Waals surface area (Å²) in [6.07, 6.45) is -6.16. The van der Waals surface area contributed by atoms with Crippen LogP contribution in [0.5, 0.6) is 0 Å². The molecule has 0 spiro atoms. The smallest absolute Gasteiger partial charge is 0.320 e. The van der Waals surface area contributed by atoms with Crippen LogP contribution in [0.15, 0.2) is 24.4 Å². The minimum atomic E-state index is -4.82. The number of aromatic nitrogens is 1. The summed E-state index contributed by atoms with van der Waals surface area (Å²) < 4.78 is 93.9. The lowest BCUT2D eigenvalue weighted by atomic mass is 9.91. The lowest BCUT2D eigenvalue weighted by Gasteiger charge is -2.24. The van der Waals surface area contributed by atoms with Crippen LogP contribution >= 0.6 is 0 Å². The van der Waals surface area contributed by atoms with Gasteiger partial charge in [-0.25, -0.2) is 17.6 Å². The van der Waals surface area contributed by atoms with Crippen molar-refractivity contribution in [2.45, 2.75) is 31.4 Å². The zero-order chi connectivity index (χ0) is 17.0. The summed E-state index contributed by atoms with van der Waals surface area (Å²) in [5, 5.41) is 0. The van der Waals surface area contributed by atoms with Crippen molar-refractivity contribution in [2.75, 3.05) is 0 Å². The molecule has 0 bridgehead atoms. The van der Waals surface area contributed by atoms with E-state index in [1.54, 1.807) is 0 Å². The van der Waals surface area contributed by atoms with Crippen LogP contribution < -0.4 is 0 Å². The Hall–Kier alpha value is -1.99. The maximum Gasteiger partial charge on any atom is 0.418 e. The number of fused-ring (bicyclic) bond motifs is 1. The normalized spacial score (nSPS) is 17.2. The fourth-order valence-corrected chi connectivity index (χ4v) is 2.86. The lowest BCUT2D eigenvalue weighted by Crippen LogP contribution is -2.27. The van der Waals surface area contributed by atoms with Gasteiger partial charge in [-0.15, -0.1) is 0 Å². The number of hydrogen-bond acceptors (Lipinski definition) is 0. The summed E-state index contributed by atoms with van der Waals surface area (Å²) in [6.45, 7) is 0. The topological polar surface area (TPSA) is 4.93 Å². The van der Waals surface area contributed by atoms with Gasteiger partial charge in [0.05, 0.1) is 11.3 Å². The van der Waals surface area contributed by atoms with E-state index in [-0.39, 0.29) is 17.8 Å². The Bertz CT molecular complexity index is 738. The van der Waals surface area contributed by atoms with Crippen LogP contribution in [-0.2, 0) is 19.0 Å². The molecule has 3 rings (SSSR count). The number of benzene rings is 1. The van der Waals surface area contributed by atoms with E-state index in [0.29, 0.717) is 12.3 Å². The molecule has 0 saturated carbocycles. The second-order valence-electron chi connectivity index (χ2n) is 5.50. The molecule has 0 aliphatic heterocycles. The van der Waals surface area contributed by atoms with Crippen LogP contribution in [0.2, 0.25) is 0 Å². The first-order valence-corrected chi connectivity index (χ1v) is 6.71. The third-order valence-electron chi connectivity index (χ3n) is 3.82. The average molecular weight is 337 g/mol. The van der Waals surface area contributed by atoms with Crippen LogP contribution in [0.1, 0.15) is 23.2 Å². The summed E-state index contributed by atoms with van der Waals surface area (Å²) >= 11 is 0. The summed E-state index contributed by atoms with van der Waals surface area (Å²) in [5.41, 5.74) is -1.87. The summed E-state index contributed by atoms with van der Waals surface area (Å²) in [6, 6.07) is 2.30. The van der Waals surface area contributed by atoms with E-state index >= 15 is 0 Å². The minimum absolute atomic E-state index is 0.00764. The SMILES string of the molecule is Fc1cc(F)cc(-n2cc(C(F)(F)F)c3c2CCC(F)(F)C3)c1. The third-order valence-corrected chi connectivity index (χ3v) is 3.82. The molecule has 1 nitrogen and oxygen atoms in total. The molecule has 8 heteroatoms. The molecule has 1 aliphatic carbocycles. The van der Waals surface area contributed by atoms with Crippen molar-refractivity contribution < 1.29 is 30.7 Å². The van der Waals surface area contributed by atoms with Crippen LogP contribution in [0.4, 0.5) is 30.7 Å². The molecule has 1 heterocycles. The van der Waals surface area contributed by atoms with Gasteiger partial charge >= 0.3 is 6.18 Å². The van der Waals surface area contributed by atoms with Crippen LogP contribution in [0.25, 0.3) is 5.69 Å². The van der Waals surface area contributed by atoms with Crippen LogP contribution in [0.3, 0.4) is 0 Å². The number of alkyl halides is 5. The van der Waals surface area contributed by atoms with Gasteiger partial charge in [-0.2, -0.15) is 13.2 Å². The van der Waals surface area contributed by atoms with Crippen LogP contribution in [0, 0.1) is 11.6 Å². The highest BCUT2D eigenvalue weighted by molar-refractivity contribution is 5.45. The van der Waals surface area contributed by atoms with Gasteiger partial charge in [-0.05, 0) is 24.1 Å². The molecule has 0 saturated heterocycles. The Kier molecular flexibility index (Phi) is 3.46. The average Bonchev–Trinajstić information content (AvgIpc) is 2.74. The van der Waals surface area contributed by atoms with Gasteiger partial charge in [-0.1, -0.05) is 0 Å². The predicted octanol–water partition coefficient (Wildman–Crippen LogP) is 4.90. The predicted molar refractivity (Wildman–Crippen MR) is 67.7 cm³/mol. The van der Waals surface area contributed by atoms with Crippen molar-refractivity contribution in [2.24, 2.45) is 0 Å². The van der Waals surface area contributed by atoms with Gasteiger partial charge in [0, 0.05) is 30.8 Å². The Morgan fingerprint density at radius 3 is 2.17 bits per heavy atom. The zero-order valence-electron chi connectivity index (χ0n) is 11.5. The van der Waals surface area contributed by atoms with Crippen molar-refractivity contribution >= 4 is 0 Å². The maximum atomic E-state index is 13.5. The molecule has 1 aromatic heterocycles. The molecule has 0 amide bonds. The molecule has 23 heavy (non-hydrogen) atoms. The van der Waals surface area contributed by atoms with E-state index in [4.69, 9.17) is 0 Å². The number of halogens is 7. The number of rotatable bonds is 1. The number of nitrogens with zero attached hydrogens (tertiary/aromatic N) is 1. The highest BCUT2D eigenvalue weighted by Gasteiger charge is 2.43. The van der Waals surface area contributed by atoms with Gasteiger partial charge in [0.15, 0.2) is 0 Å². The first-order valence-electron chi connectivity index (χ1n) is 6.71. The summed E-state index contributed by atoms with van der Waals surface area (Å²) in [7, 11) is 0. The Morgan fingerprint density at radius 1 is 1.00 bits per heavy atom. The van der Waals surface area contributed by atoms with Gasteiger partial charge < -0.3 is 4.57 Å². The van der Waals surface area contributed by atoms with Crippen molar-refractivity contribution in [3.8, 4) is 5.69 Å². The summed E-state index contributed by atoms with van der Waals surface area (Å²) in [5.74, 6) is -5.15. The highest BCUT2D eigenvalue weighted by Crippen LogP contribution is 2.42. The summed E-state index contributed by atoms with van der Waals surface area (Å²) in [4.78, 5) is 0. The second-order valence-corrected chi connectivity index (χ2v) is 5.50. The monoisotopic (exact) mass is 337 g/mol. The molecule has 0 radical (unpaired) electrons. The van der Waals surface area contributed by atoms with Crippen molar-refractivity contribution in [1.82, 2.24) is 4.57 Å². The van der Waals surface area contributed by atoms with Gasteiger partial charge in [0.1, 0.15) is 11.6 Å². The second kappa shape index (κ2) is 5.01. The van der Waals surface area contributed by atoms with E-state index in [1.807, 2.05) is 0 Å². The number of hydrogen-bond donors (Lipinski definition) is 0. The van der Waals surface area contributed by atoms with Crippen molar-refractivity contribution in [3.05, 3.63) is 52.9 Å². The Labute approximate surface area is 126 Å². The van der Waals surface area contributed by atoms with Crippen LogP contribution in [-0.4, -0.2) is 10.5 Å². The molecule has 0 atom stereocenters. The largest absolute Gasteiger partial charge is 0.418 e. The fourth-order valence-electron chi connectivity index (χ4n) is 2.86. The Balaban J connectivity index is 2.21. The van der Waals surface area contributed by atoms with Gasteiger partial charge in [-0.3, -0.25) is 0 Å². The molecule has 0 unspecified atom stereocenters. The lowest BCUT2D eigenvalue weighted by molar-refractivity contribution is -0.138.